The van der Waals surface area contributed by atoms with E-state index in [-0.39, 0.29) is 0 Å². The van der Waals surface area contributed by atoms with Crippen molar-refractivity contribution in [3.63, 3.8) is 0 Å². The van der Waals surface area contributed by atoms with Gasteiger partial charge in [0.05, 0.1) is 0 Å². The minimum atomic E-state index is 0.347. The maximum atomic E-state index is 6.33. The van der Waals surface area contributed by atoms with Gasteiger partial charge in [0, 0.05) is 0 Å². The zero-order valence-corrected chi connectivity index (χ0v) is 12.5. The average Bonchev–Trinajstić information content (AvgIpc) is 2.32. The van der Waals surface area contributed by atoms with Gasteiger partial charge in [-0.25, -0.2) is 0 Å². The predicted octanol–water partition coefficient (Wildman–Crippen LogP) is 3.60. The largest absolute Gasteiger partial charge is 0.676 e. The van der Waals surface area contributed by atoms with Crippen molar-refractivity contribution in [2.24, 2.45) is 5.73 Å². The van der Waals surface area contributed by atoms with E-state index in [1.54, 1.807) is 0 Å². The first-order valence-electron chi connectivity index (χ1n) is 5.08. The van der Waals surface area contributed by atoms with Crippen LogP contribution in [0.25, 0.3) is 5.73 Å². The van der Waals surface area contributed by atoms with Gasteiger partial charge in [0.25, 0.3) is 0 Å². The number of hydrogen-bond donors (Lipinski definition) is 1. The molecule has 0 heterocycles. The smallest absolute Gasteiger partial charge is 0.0268 e. The minimum Gasteiger partial charge on any atom is -0.676 e. The van der Waals surface area contributed by atoms with Gasteiger partial charge in [-0.15, -0.1) is 6.54 Å². The van der Waals surface area contributed by atoms with E-state index < -0.39 is 0 Å². The van der Waals surface area contributed by atoms with Crippen molar-refractivity contribution in [3.8, 4) is 0 Å². The summed E-state index contributed by atoms with van der Waals surface area (Å²) in [5.41, 5.74) is 13.7. The molecule has 0 atom stereocenters. The minimum absolute atomic E-state index is 0.347. The molecule has 0 saturated carbocycles. The van der Waals surface area contributed by atoms with Crippen LogP contribution in [0.1, 0.15) is 30.9 Å². The van der Waals surface area contributed by atoms with Gasteiger partial charge < -0.3 is 11.5 Å². The SMILES string of the molecule is Cc1[c-]cc(C(C)C)cc1.[Cl][Ru+2].[NH-]CCN. The Kier molecular flexibility index (Phi) is 15.1. The van der Waals surface area contributed by atoms with E-state index in [9.17, 15) is 0 Å². The first-order valence-corrected chi connectivity index (χ1v) is 7.31. The van der Waals surface area contributed by atoms with Crippen molar-refractivity contribution in [1.29, 1.82) is 0 Å². The fraction of sp³-hybridized carbons (Fsp3) is 0.500. The van der Waals surface area contributed by atoms with Crippen LogP contribution < -0.4 is 5.73 Å². The molecular weight excluding hydrogens is 309 g/mol. The Balaban J connectivity index is 0. The first kappa shape index (κ1) is 18.4. The number of aryl methyl sites for hydroxylation is 1. The molecule has 1 aromatic carbocycles. The Labute approximate surface area is 113 Å². The van der Waals surface area contributed by atoms with E-state index in [1.807, 2.05) is 17.3 Å². The zero-order chi connectivity index (χ0) is 13.0. The van der Waals surface area contributed by atoms with E-state index >= 15 is 0 Å². The summed E-state index contributed by atoms with van der Waals surface area (Å²) in [7, 11) is 4.57. The summed E-state index contributed by atoms with van der Waals surface area (Å²) >= 11 is 1.82. The molecule has 0 aliphatic heterocycles. The molecule has 2 nitrogen and oxygen atoms in total. The van der Waals surface area contributed by atoms with Crippen molar-refractivity contribution in [3.05, 3.63) is 41.1 Å². The molecule has 93 valence electrons. The summed E-state index contributed by atoms with van der Waals surface area (Å²) < 4.78 is 0. The zero-order valence-electron chi connectivity index (χ0n) is 10.0. The molecule has 0 aliphatic rings. The molecule has 4 heteroatoms. The van der Waals surface area contributed by atoms with Gasteiger partial charge in [-0.3, -0.25) is 0 Å². The normalized spacial score (nSPS) is 8.69. The maximum absolute atomic E-state index is 6.33. The van der Waals surface area contributed by atoms with Crippen LogP contribution >= 0.6 is 9.69 Å². The van der Waals surface area contributed by atoms with Crippen LogP contribution in [0, 0.1) is 13.0 Å². The molecule has 0 saturated heterocycles. The number of nitrogens with one attached hydrogen (secondary N) is 1. The molecule has 0 aromatic heterocycles. The Morgan fingerprint density at radius 1 is 1.44 bits per heavy atom. The second kappa shape index (κ2) is 13.1. The second-order valence-corrected chi connectivity index (χ2v) is 3.50. The molecule has 1 rings (SSSR count). The second-order valence-electron chi connectivity index (χ2n) is 3.50. The van der Waals surface area contributed by atoms with Crippen LogP contribution in [0.5, 0.6) is 0 Å². The Morgan fingerprint density at radius 3 is 2.19 bits per heavy atom. The monoisotopic (exact) mass is 329 g/mol. The summed E-state index contributed by atoms with van der Waals surface area (Å²) in [6, 6.07) is 9.52. The molecule has 0 amide bonds. The molecular formula is C12H20ClN2Ru. The molecule has 0 aliphatic carbocycles. The predicted molar refractivity (Wildman–Crippen MR) is 68.2 cm³/mol. The van der Waals surface area contributed by atoms with Crippen molar-refractivity contribution in [1.82, 2.24) is 0 Å². The quantitative estimate of drug-likeness (QED) is 0.654. The van der Waals surface area contributed by atoms with Crippen LogP contribution in [-0.4, -0.2) is 13.1 Å². The van der Waals surface area contributed by atoms with Gasteiger partial charge in [0.1, 0.15) is 0 Å². The van der Waals surface area contributed by atoms with Crippen LogP contribution in [0.2, 0.25) is 0 Å². The van der Waals surface area contributed by atoms with Crippen LogP contribution in [-0.2, 0) is 17.3 Å². The number of benzene rings is 1. The third-order valence-electron chi connectivity index (χ3n) is 1.80. The fourth-order valence-electron chi connectivity index (χ4n) is 0.874. The maximum Gasteiger partial charge on any atom is -0.0268 e. The molecule has 16 heavy (non-hydrogen) atoms. The van der Waals surface area contributed by atoms with Gasteiger partial charge in [-0.05, 0) is 6.54 Å². The summed E-state index contributed by atoms with van der Waals surface area (Å²) in [6.07, 6.45) is 0. The summed E-state index contributed by atoms with van der Waals surface area (Å²) in [4.78, 5) is 0. The number of rotatable bonds is 2. The van der Waals surface area contributed by atoms with Gasteiger partial charge in [0.2, 0.25) is 0 Å². The Morgan fingerprint density at radius 2 is 1.94 bits per heavy atom. The van der Waals surface area contributed by atoms with Crippen molar-refractivity contribution >= 4 is 9.69 Å². The van der Waals surface area contributed by atoms with E-state index in [4.69, 9.17) is 11.5 Å². The number of halogens is 1. The molecule has 0 radical (unpaired) electrons. The van der Waals surface area contributed by atoms with E-state index in [0.29, 0.717) is 19.0 Å². The molecule has 1 aromatic rings. The van der Waals surface area contributed by atoms with Crippen LogP contribution in [0.4, 0.5) is 0 Å². The van der Waals surface area contributed by atoms with E-state index in [2.05, 4.69) is 54.7 Å². The molecule has 0 unspecified atom stereocenters. The molecule has 0 fully saturated rings. The fourth-order valence-corrected chi connectivity index (χ4v) is 0.874. The van der Waals surface area contributed by atoms with E-state index in [0.717, 1.165) is 0 Å². The van der Waals surface area contributed by atoms with Gasteiger partial charge >= 0.3 is 27.0 Å². The topological polar surface area (TPSA) is 49.8 Å². The summed E-state index contributed by atoms with van der Waals surface area (Å²) in [5, 5.41) is 0. The number of hydrogen-bond acceptors (Lipinski definition) is 1. The van der Waals surface area contributed by atoms with Crippen molar-refractivity contribution < 1.29 is 17.3 Å². The third-order valence-corrected chi connectivity index (χ3v) is 1.80. The van der Waals surface area contributed by atoms with Crippen molar-refractivity contribution in [2.45, 2.75) is 26.7 Å². The summed E-state index contributed by atoms with van der Waals surface area (Å²) in [5.74, 6) is 0.622. The molecule has 0 bridgehead atoms. The van der Waals surface area contributed by atoms with E-state index in [1.165, 1.54) is 11.1 Å². The Bertz CT molecular complexity index is 235. The first-order chi connectivity index (χ1) is 7.61. The van der Waals surface area contributed by atoms with Crippen LogP contribution in [0.3, 0.4) is 0 Å². The summed E-state index contributed by atoms with van der Waals surface area (Å²) in [6.45, 7) is 7.28. The standard InChI is InChI=1S/C10H13.C2H7N2.ClH.Ru/c1-8(2)10-6-4-9(3)5-7-10;3-1-2-4;;/h4,6-8H,1-3H3;3H,1-2,4H2;1H;/q2*-1;;+3/p-1. The van der Waals surface area contributed by atoms with Crippen LogP contribution in [0.15, 0.2) is 18.2 Å². The third kappa shape index (κ3) is 10.6. The van der Waals surface area contributed by atoms with Gasteiger partial charge in [-0.2, -0.15) is 35.4 Å². The molecule has 3 N–H and O–H groups in total. The molecule has 0 spiro atoms. The van der Waals surface area contributed by atoms with Crippen molar-refractivity contribution in [2.75, 3.05) is 13.1 Å². The van der Waals surface area contributed by atoms with Gasteiger partial charge in [0.15, 0.2) is 0 Å². The average molecular weight is 329 g/mol. The Hall–Kier alpha value is 0.0534. The number of nitrogens with two attached hydrogens (primary N) is 1. The van der Waals surface area contributed by atoms with Gasteiger partial charge in [-0.1, -0.05) is 26.7 Å².